The molecule has 0 aliphatic carbocycles. The number of ketones is 1. The maximum absolute atomic E-state index is 12.8. The van der Waals surface area contributed by atoms with Crippen molar-refractivity contribution < 1.29 is 18.0 Å². The third-order valence-corrected chi connectivity index (χ3v) is 2.81. The highest BCUT2D eigenvalue weighted by Crippen LogP contribution is 2.30. The van der Waals surface area contributed by atoms with Crippen LogP contribution in [-0.4, -0.2) is 25.8 Å². The third kappa shape index (κ3) is 2.53. The van der Waals surface area contributed by atoms with Gasteiger partial charge in [0, 0.05) is 0 Å². The predicted octanol–water partition coefficient (Wildman–Crippen LogP) is 2.76. The molecule has 0 heterocycles. The molecule has 0 fully saturated rings. The van der Waals surface area contributed by atoms with Crippen LogP contribution in [0.4, 0.5) is 13.2 Å². The zero-order chi connectivity index (χ0) is 13.6. The maximum Gasteiger partial charge on any atom is 0.168 e. The quantitative estimate of drug-likeness (QED) is 0.784. The number of Topliss-reactive ketones (excluding diaryl/α,β-unsaturated/α-hetero) is 1. The molecule has 0 saturated heterocycles. The highest BCUT2D eigenvalue weighted by Gasteiger charge is 2.43. The summed E-state index contributed by atoms with van der Waals surface area (Å²) in [5.74, 6) is -2.41. The highest BCUT2D eigenvalue weighted by atomic mass is 19.1. The number of carbonyl (C=O) groups is 1. The van der Waals surface area contributed by atoms with Gasteiger partial charge in [0.25, 0.3) is 0 Å². The number of rotatable bonds is 6. The van der Waals surface area contributed by atoms with Gasteiger partial charge in [-0.05, 0) is 5.56 Å². The van der Waals surface area contributed by atoms with Crippen LogP contribution in [0, 0.1) is 16.7 Å². The molecule has 0 radical (unpaired) electrons. The van der Waals surface area contributed by atoms with E-state index < -0.39 is 37.1 Å². The van der Waals surface area contributed by atoms with Crippen LogP contribution in [0.3, 0.4) is 0 Å². The van der Waals surface area contributed by atoms with E-state index in [9.17, 15) is 18.0 Å². The van der Waals surface area contributed by atoms with Gasteiger partial charge in [-0.3, -0.25) is 4.79 Å². The average molecular weight is 255 g/mol. The van der Waals surface area contributed by atoms with E-state index in [-0.39, 0.29) is 0 Å². The minimum absolute atomic E-state index is 0.310. The SMILES string of the molecule is N#CC(C(=O)C(CF)(CF)CF)c1ccccc1. The molecule has 0 spiro atoms. The van der Waals surface area contributed by atoms with Crippen molar-refractivity contribution in [2.45, 2.75) is 5.92 Å². The molecular weight excluding hydrogens is 243 g/mol. The molecule has 0 bridgehead atoms. The van der Waals surface area contributed by atoms with Crippen molar-refractivity contribution in [2.75, 3.05) is 20.0 Å². The molecule has 1 aromatic carbocycles. The molecule has 0 saturated carbocycles. The summed E-state index contributed by atoms with van der Waals surface area (Å²) in [6.07, 6.45) is 0. The first-order chi connectivity index (χ1) is 8.65. The number of hydrogen-bond donors (Lipinski definition) is 0. The van der Waals surface area contributed by atoms with Crippen molar-refractivity contribution in [1.29, 1.82) is 5.26 Å². The molecule has 96 valence electrons. The second-order valence-corrected chi connectivity index (χ2v) is 4.02. The van der Waals surface area contributed by atoms with Crippen LogP contribution in [0.1, 0.15) is 11.5 Å². The van der Waals surface area contributed by atoms with Crippen LogP contribution in [-0.2, 0) is 4.79 Å². The van der Waals surface area contributed by atoms with Gasteiger partial charge >= 0.3 is 0 Å². The fraction of sp³-hybridized carbons (Fsp3) is 0.385. The Kier molecular flexibility index (Phi) is 4.90. The molecule has 1 aromatic rings. The fourth-order valence-electron chi connectivity index (χ4n) is 1.54. The van der Waals surface area contributed by atoms with E-state index in [0.717, 1.165) is 0 Å². The minimum Gasteiger partial charge on any atom is -0.297 e. The van der Waals surface area contributed by atoms with Crippen LogP contribution in [0.5, 0.6) is 0 Å². The smallest absolute Gasteiger partial charge is 0.168 e. The first-order valence-corrected chi connectivity index (χ1v) is 5.32. The van der Waals surface area contributed by atoms with Crippen molar-refractivity contribution in [3.05, 3.63) is 35.9 Å². The number of nitrogens with zero attached hydrogens (tertiary/aromatic N) is 1. The van der Waals surface area contributed by atoms with Gasteiger partial charge in [-0.2, -0.15) is 5.26 Å². The second-order valence-electron chi connectivity index (χ2n) is 4.02. The lowest BCUT2D eigenvalue weighted by molar-refractivity contribution is -0.132. The molecule has 2 nitrogen and oxygen atoms in total. The van der Waals surface area contributed by atoms with E-state index in [1.54, 1.807) is 24.3 Å². The van der Waals surface area contributed by atoms with Gasteiger partial charge in [-0.1, -0.05) is 30.3 Å². The Hall–Kier alpha value is -1.83. The standard InChI is InChI=1S/C13H12F3NO/c14-7-13(8-15,9-16)12(18)11(6-17)10-4-2-1-3-5-10/h1-5,11H,7-9H2. The van der Waals surface area contributed by atoms with E-state index in [4.69, 9.17) is 5.26 Å². The van der Waals surface area contributed by atoms with Gasteiger partial charge in [0.15, 0.2) is 5.78 Å². The lowest BCUT2D eigenvalue weighted by Crippen LogP contribution is -2.41. The normalized spacial score (nSPS) is 12.8. The fourth-order valence-corrected chi connectivity index (χ4v) is 1.54. The summed E-state index contributed by atoms with van der Waals surface area (Å²) in [7, 11) is 0. The molecule has 18 heavy (non-hydrogen) atoms. The van der Waals surface area contributed by atoms with Crippen LogP contribution in [0.15, 0.2) is 30.3 Å². The van der Waals surface area contributed by atoms with Crippen molar-refractivity contribution in [3.8, 4) is 6.07 Å². The summed E-state index contributed by atoms with van der Waals surface area (Å²) in [6.45, 7) is -4.36. The maximum atomic E-state index is 12.8. The summed E-state index contributed by atoms with van der Waals surface area (Å²) in [4.78, 5) is 11.9. The molecular formula is C13H12F3NO. The van der Waals surface area contributed by atoms with Gasteiger partial charge in [-0.25, -0.2) is 13.2 Å². The van der Waals surface area contributed by atoms with Crippen LogP contribution >= 0.6 is 0 Å². The summed E-state index contributed by atoms with van der Waals surface area (Å²) in [5, 5.41) is 8.96. The minimum atomic E-state index is -2.35. The largest absolute Gasteiger partial charge is 0.297 e. The van der Waals surface area contributed by atoms with Crippen LogP contribution in [0.2, 0.25) is 0 Å². The average Bonchev–Trinajstić information content (AvgIpc) is 2.43. The Balaban J connectivity index is 3.11. The Morgan fingerprint density at radius 2 is 1.67 bits per heavy atom. The highest BCUT2D eigenvalue weighted by molar-refractivity contribution is 5.93. The van der Waals surface area contributed by atoms with E-state index in [1.807, 2.05) is 0 Å². The summed E-state index contributed by atoms with van der Waals surface area (Å²) in [5.41, 5.74) is -2.04. The Morgan fingerprint density at radius 1 is 1.17 bits per heavy atom. The molecule has 5 heteroatoms. The van der Waals surface area contributed by atoms with E-state index in [0.29, 0.717) is 5.56 Å². The van der Waals surface area contributed by atoms with Crippen molar-refractivity contribution in [1.82, 2.24) is 0 Å². The van der Waals surface area contributed by atoms with E-state index >= 15 is 0 Å². The van der Waals surface area contributed by atoms with Gasteiger partial charge in [0.1, 0.15) is 31.4 Å². The Bertz CT molecular complexity index is 429. The van der Waals surface area contributed by atoms with Crippen molar-refractivity contribution in [3.63, 3.8) is 0 Å². The number of benzene rings is 1. The molecule has 0 aliphatic heterocycles. The van der Waals surface area contributed by atoms with Gasteiger partial charge in [0.2, 0.25) is 0 Å². The number of carbonyl (C=O) groups excluding carboxylic acids is 1. The van der Waals surface area contributed by atoms with Gasteiger partial charge in [0.05, 0.1) is 6.07 Å². The summed E-state index contributed by atoms with van der Waals surface area (Å²) in [6, 6.07) is 9.52. The monoisotopic (exact) mass is 255 g/mol. The zero-order valence-corrected chi connectivity index (χ0v) is 9.57. The predicted molar refractivity (Wildman–Crippen MR) is 60.2 cm³/mol. The second kappa shape index (κ2) is 6.20. The molecule has 1 unspecified atom stereocenters. The third-order valence-electron chi connectivity index (χ3n) is 2.81. The van der Waals surface area contributed by atoms with E-state index in [2.05, 4.69) is 0 Å². The van der Waals surface area contributed by atoms with Gasteiger partial charge in [-0.15, -0.1) is 0 Å². The lowest BCUT2D eigenvalue weighted by atomic mass is 9.78. The van der Waals surface area contributed by atoms with Crippen LogP contribution < -0.4 is 0 Å². The lowest BCUT2D eigenvalue weighted by Gasteiger charge is -2.24. The number of hydrogen-bond acceptors (Lipinski definition) is 2. The van der Waals surface area contributed by atoms with Crippen molar-refractivity contribution in [2.24, 2.45) is 5.41 Å². The van der Waals surface area contributed by atoms with Gasteiger partial charge < -0.3 is 0 Å². The number of alkyl halides is 3. The first kappa shape index (κ1) is 14.2. The van der Waals surface area contributed by atoms with Crippen LogP contribution in [0.25, 0.3) is 0 Å². The molecule has 0 aromatic heterocycles. The molecule has 1 rings (SSSR count). The number of nitriles is 1. The molecule has 0 amide bonds. The zero-order valence-electron chi connectivity index (χ0n) is 9.57. The van der Waals surface area contributed by atoms with Crippen molar-refractivity contribution >= 4 is 5.78 Å². The summed E-state index contributed by atoms with van der Waals surface area (Å²) >= 11 is 0. The Morgan fingerprint density at radius 3 is 2.06 bits per heavy atom. The molecule has 0 aliphatic rings. The first-order valence-electron chi connectivity index (χ1n) is 5.32. The number of halogens is 3. The molecule has 0 N–H and O–H groups in total. The topological polar surface area (TPSA) is 40.9 Å². The summed E-state index contributed by atoms with van der Waals surface area (Å²) < 4.78 is 38.3. The Labute approximate surface area is 103 Å². The molecule has 1 atom stereocenters. The van der Waals surface area contributed by atoms with E-state index in [1.165, 1.54) is 12.1 Å².